The molecule has 0 saturated heterocycles. The van der Waals surface area contributed by atoms with Gasteiger partial charge in [0.05, 0.1) is 7.11 Å². The van der Waals surface area contributed by atoms with Gasteiger partial charge in [-0.05, 0) is 31.4 Å². The maximum absolute atomic E-state index is 11.5. The fourth-order valence-corrected chi connectivity index (χ4v) is 1.56. The van der Waals surface area contributed by atoms with Gasteiger partial charge in [0.2, 0.25) is 0 Å². The number of rotatable bonds is 6. The van der Waals surface area contributed by atoms with Gasteiger partial charge >= 0.3 is 6.03 Å². The van der Waals surface area contributed by atoms with E-state index in [2.05, 4.69) is 10.6 Å². The maximum Gasteiger partial charge on any atom is 0.318 e. The molecule has 0 fully saturated rings. The predicted molar refractivity (Wildman–Crippen MR) is 77.3 cm³/mol. The third-order valence-electron chi connectivity index (χ3n) is 2.88. The van der Waals surface area contributed by atoms with Crippen LogP contribution < -0.4 is 15.4 Å². The van der Waals surface area contributed by atoms with Crippen molar-refractivity contribution < 1.29 is 9.53 Å². The Morgan fingerprint density at radius 3 is 2.79 bits per heavy atom. The summed E-state index contributed by atoms with van der Waals surface area (Å²) in [4.78, 5) is 11.5. The van der Waals surface area contributed by atoms with Crippen molar-refractivity contribution in [3.05, 3.63) is 41.6 Å². The number of nitrogens with one attached hydrogen (secondary N) is 2. The predicted octanol–water partition coefficient (Wildman–Crippen LogP) is 2.85. The Morgan fingerprint density at radius 1 is 1.37 bits per heavy atom. The van der Waals surface area contributed by atoms with Crippen molar-refractivity contribution in [2.75, 3.05) is 13.7 Å². The zero-order chi connectivity index (χ0) is 14.1. The zero-order valence-electron chi connectivity index (χ0n) is 11.8. The van der Waals surface area contributed by atoms with E-state index in [0.29, 0.717) is 6.54 Å². The molecule has 4 heteroatoms. The number of allylic oxidation sites excluding steroid dienone is 1. The summed E-state index contributed by atoms with van der Waals surface area (Å²) in [6.45, 7) is 4.60. The Balaban J connectivity index is 2.36. The highest BCUT2D eigenvalue weighted by Gasteiger charge is 2.02. The van der Waals surface area contributed by atoms with Gasteiger partial charge < -0.3 is 15.4 Å². The quantitative estimate of drug-likeness (QED) is 0.828. The van der Waals surface area contributed by atoms with Crippen LogP contribution in [-0.2, 0) is 6.42 Å². The summed E-state index contributed by atoms with van der Waals surface area (Å²) in [7, 11) is 1.65. The van der Waals surface area contributed by atoms with Gasteiger partial charge in [-0.15, -0.1) is 0 Å². The summed E-state index contributed by atoms with van der Waals surface area (Å²) in [5, 5.41) is 5.52. The van der Waals surface area contributed by atoms with E-state index in [1.165, 1.54) is 0 Å². The topological polar surface area (TPSA) is 50.4 Å². The van der Waals surface area contributed by atoms with E-state index in [1.54, 1.807) is 13.3 Å². The van der Waals surface area contributed by atoms with Crippen LogP contribution in [0.4, 0.5) is 4.79 Å². The van der Waals surface area contributed by atoms with Crippen LogP contribution in [0.25, 0.3) is 0 Å². The molecular weight excluding hydrogens is 240 g/mol. The van der Waals surface area contributed by atoms with E-state index in [-0.39, 0.29) is 6.03 Å². The summed E-state index contributed by atoms with van der Waals surface area (Å²) in [5.74, 6) is 0.853. The molecule has 0 aliphatic heterocycles. The van der Waals surface area contributed by atoms with Gasteiger partial charge in [-0.3, -0.25) is 0 Å². The van der Waals surface area contributed by atoms with E-state index in [1.807, 2.05) is 38.1 Å². The van der Waals surface area contributed by atoms with E-state index < -0.39 is 0 Å². The molecule has 1 rings (SSSR count). The number of hydrogen-bond acceptors (Lipinski definition) is 2. The summed E-state index contributed by atoms with van der Waals surface area (Å²) < 4.78 is 5.26. The lowest BCUT2D eigenvalue weighted by Crippen LogP contribution is -2.33. The first-order valence-corrected chi connectivity index (χ1v) is 6.49. The fraction of sp³-hybridized carbons (Fsp3) is 0.400. The first-order valence-electron chi connectivity index (χ1n) is 6.49. The van der Waals surface area contributed by atoms with E-state index >= 15 is 0 Å². The van der Waals surface area contributed by atoms with Gasteiger partial charge in [0, 0.05) is 12.7 Å². The van der Waals surface area contributed by atoms with Crippen LogP contribution in [0.1, 0.15) is 25.8 Å². The molecular formula is C15H22N2O2. The van der Waals surface area contributed by atoms with Crippen LogP contribution in [-0.4, -0.2) is 19.7 Å². The van der Waals surface area contributed by atoms with Crippen molar-refractivity contribution in [1.29, 1.82) is 0 Å². The molecule has 0 atom stereocenters. The van der Waals surface area contributed by atoms with Crippen LogP contribution in [0.15, 0.2) is 36.0 Å². The van der Waals surface area contributed by atoms with Gasteiger partial charge in [0.25, 0.3) is 0 Å². The summed E-state index contributed by atoms with van der Waals surface area (Å²) >= 11 is 0. The minimum Gasteiger partial charge on any atom is -0.496 e. The Bertz CT molecular complexity index is 442. The molecule has 0 spiro atoms. The third-order valence-corrected chi connectivity index (χ3v) is 2.88. The number of carbonyl (C=O) groups is 1. The molecule has 19 heavy (non-hydrogen) atoms. The lowest BCUT2D eigenvalue weighted by atomic mass is 10.1. The highest BCUT2D eigenvalue weighted by Crippen LogP contribution is 2.17. The van der Waals surface area contributed by atoms with Gasteiger partial charge in [-0.2, -0.15) is 0 Å². The SMILES string of the molecule is CC/C(C)=C/NC(=O)NCCc1ccccc1OC. The number of para-hydroxylation sites is 1. The first kappa shape index (κ1) is 15.1. The molecule has 0 aliphatic rings. The lowest BCUT2D eigenvalue weighted by Gasteiger charge is -2.09. The van der Waals surface area contributed by atoms with Crippen molar-refractivity contribution in [3.8, 4) is 5.75 Å². The molecule has 0 radical (unpaired) electrons. The number of amides is 2. The molecule has 2 N–H and O–H groups in total. The minimum absolute atomic E-state index is 0.178. The maximum atomic E-state index is 11.5. The number of urea groups is 1. The fourth-order valence-electron chi connectivity index (χ4n) is 1.56. The monoisotopic (exact) mass is 262 g/mol. The molecule has 0 aliphatic carbocycles. The zero-order valence-corrected chi connectivity index (χ0v) is 11.8. The van der Waals surface area contributed by atoms with Crippen LogP contribution in [0.2, 0.25) is 0 Å². The summed E-state index contributed by atoms with van der Waals surface area (Å²) in [6, 6.07) is 7.64. The number of methoxy groups -OCH3 is 1. The average Bonchev–Trinajstić information content (AvgIpc) is 2.45. The molecule has 0 saturated carbocycles. The highest BCUT2D eigenvalue weighted by atomic mass is 16.5. The molecule has 104 valence electrons. The van der Waals surface area contributed by atoms with E-state index in [9.17, 15) is 4.79 Å². The number of ether oxygens (including phenoxy) is 1. The van der Waals surface area contributed by atoms with Crippen molar-refractivity contribution in [1.82, 2.24) is 10.6 Å². The van der Waals surface area contributed by atoms with Gasteiger partial charge in [0.1, 0.15) is 5.75 Å². The van der Waals surface area contributed by atoms with Crippen molar-refractivity contribution in [2.45, 2.75) is 26.7 Å². The number of benzene rings is 1. The van der Waals surface area contributed by atoms with Gasteiger partial charge in [0.15, 0.2) is 0 Å². The van der Waals surface area contributed by atoms with E-state index in [4.69, 9.17) is 4.74 Å². The standard InChI is InChI=1S/C15H22N2O2/c1-4-12(2)11-17-15(18)16-10-9-13-7-5-6-8-14(13)19-3/h5-8,11H,4,9-10H2,1-3H3,(H2,16,17,18)/b12-11+. The second-order valence-electron chi connectivity index (χ2n) is 4.31. The third kappa shape index (κ3) is 5.46. The minimum atomic E-state index is -0.178. The van der Waals surface area contributed by atoms with Crippen LogP contribution >= 0.6 is 0 Å². The molecule has 0 heterocycles. The van der Waals surface area contributed by atoms with Crippen molar-refractivity contribution in [3.63, 3.8) is 0 Å². The van der Waals surface area contributed by atoms with Crippen molar-refractivity contribution >= 4 is 6.03 Å². The van der Waals surface area contributed by atoms with Crippen molar-refractivity contribution in [2.24, 2.45) is 0 Å². The Morgan fingerprint density at radius 2 is 2.11 bits per heavy atom. The summed E-state index contributed by atoms with van der Waals surface area (Å²) in [5.41, 5.74) is 2.23. The van der Waals surface area contributed by atoms with Crippen LogP contribution in [0.3, 0.4) is 0 Å². The Labute approximate surface area is 114 Å². The number of carbonyl (C=O) groups excluding carboxylic acids is 1. The van der Waals surface area contributed by atoms with Gasteiger partial charge in [-0.1, -0.05) is 30.7 Å². The Kier molecular flexibility index (Phi) is 6.50. The second kappa shape index (κ2) is 8.19. The molecule has 4 nitrogen and oxygen atoms in total. The molecule has 2 amide bonds. The Hall–Kier alpha value is -1.97. The number of hydrogen-bond donors (Lipinski definition) is 2. The largest absolute Gasteiger partial charge is 0.496 e. The molecule has 0 unspecified atom stereocenters. The normalized spacial score (nSPS) is 11.0. The highest BCUT2D eigenvalue weighted by molar-refractivity contribution is 5.74. The van der Waals surface area contributed by atoms with Gasteiger partial charge in [-0.25, -0.2) is 4.79 Å². The van der Waals surface area contributed by atoms with E-state index in [0.717, 1.165) is 29.7 Å². The lowest BCUT2D eigenvalue weighted by molar-refractivity contribution is 0.244. The summed E-state index contributed by atoms with van der Waals surface area (Å²) in [6.07, 6.45) is 3.41. The molecule has 0 bridgehead atoms. The first-order chi connectivity index (χ1) is 9.17. The average molecular weight is 262 g/mol. The molecule has 1 aromatic rings. The van der Waals surface area contributed by atoms with Crippen LogP contribution in [0.5, 0.6) is 5.75 Å². The smallest absolute Gasteiger partial charge is 0.318 e. The molecule has 1 aromatic carbocycles. The molecule has 0 aromatic heterocycles. The van der Waals surface area contributed by atoms with Crippen LogP contribution in [0, 0.1) is 0 Å². The second-order valence-corrected chi connectivity index (χ2v) is 4.31.